The summed E-state index contributed by atoms with van der Waals surface area (Å²) in [7, 11) is 1.58. The zero-order valence-electron chi connectivity index (χ0n) is 34.4. The van der Waals surface area contributed by atoms with Gasteiger partial charge in [0.1, 0.15) is 13.2 Å². The molecule has 0 aliphatic rings. The molecule has 0 rings (SSSR count). The van der Waals surface area contributed by atoms with Crippen LogP contribution in [0.3, 0.4) is 0 Å². The average Bonchev–Trinajstić information content (AvgIpc) is 3.07. The van der Waals surface area contributed by atoms with Crippen LogP contribution in [0.2, 0.25) is 0 Å². The molecule has 8 nitrogen and oxygen atoms in total. The molecular weight excluding hydrogens is 659 g/mol. The predicted octanol–water partition coefficient (Wildman–Crippen LogP) is 11.6. The molecule has 0 aromatic heterocycles. The van der Waals surface area contributed by atoms with E-state index in [2.05, 4.69) is 19.2 Å². The van der Waals surface area contributed by atoms with Gasteiger partial charge in [-0.1, -0.05) is 187 Å². The largest absolute Gasteiger partial charge is 0.472 e. The van der Waals surface area contributed by atoms with E-state index in [-0.39, 0.29) is 19.1 Å². The molecule has 9 heteroatoms. The van der Waals surface area contributed by atoms with E-state index in [1.165, 1.54) is 148 Å². The highest BCUT2D eigenvalue weighted by molar-refractivity contribution is 7.47. The van der Waals surface area contributed by atoms with E-state index in [1.54, 1.807) is 6.08 Å². The Morgan fingerprint density at radius 1 is 0.647 bits per heavy atom. The van der Waals surface area contributed by atoms with Gasteiger partial charge in [-0.3, -0.25) is 13.8 Å². The molecule has 0 aromatic rings. The second kappa shape index (κ2) is 35.0. The molecule has 3 N–H and O–H groups in total. The van der Waals surface area contributed by atoms with Crippen molar-refractivity contribution in [1.29, 1.82) is 0 Å². The number of allylic oxidation sites excluding steroid dienone is 1. The molecule has 51 heavy (non-hydrogen) atoms. The number of hydrogen-bond acceptors (Lipinski definition) is 5. The van der Waals surface area contributed by atoms with E-state index in [1.807, 2.05) is 27.2 Å². The van der Waals surface area contributed by atoms with Crippen molar-refractivity contribution >= 4 is 13.7 Å². The first-order valence-electron chi connectivity index (χ1n) is 21.6. The Hall–Kier alpha value is -0.760. The molecule has 304 valence electrons. The maximum absolute atomic E-state index is 12.8. The molecular formula is C42H86N2O6P+. The summed E-state index contributed by atoms with van der Waals surface area (Å²) in [4.78, 5) is 23.0. The Labute approximate surface area is 316 Å². The number of unbranched alkanes of at least 4 members (excludes halogenated alkanes) is 26. The minimum atomic E-state index is -4.33. The first-order valence-corrected chi connectivity index (χ1v) is 23.1. The normalized spacial score (nSPS) is 14.6. The monoisotopic (exact) mass is 746 g/mol. The summed E-state index contributed by atoms with van der Waals surface area (Å²) in [6, 6.07) is -0.838. The first-order chi connectivity index (χ1) is 24.5. The van der Waals surface area contributed by atoms with Crippen molar-refractivity contribution in [1.82, 2.24) is 5.32 Å². The number of quaternary nitrogens is 1. The molecule has 0 saturated carbocycles. The maximum Gasteiger partial charge on any atom is 0.472 e. The molecule has 0 bridgehead atoms. The highest BCUT2D eigenvalue weighted by atomic mass is 31.2. The van der Waals surface area contributed by atoms with Crippen molar-refractivity contribution in [2.24, 2.45) is 0 Å². The smallest absolute Gasteiger partial charge is 0.387 e. The van der Waals surface area contributed by atoms with E-state index in [0.29, 0.717) is 17.4 Å². The van der Waals surface area contributed by atoms with Crippen molar-refractivity contribution in [3.05, 3.63) is 12.2 Å². The summed E-state index contributed by atoms with van der Waals surface area (Å²) >= 11 is 0. The predicted molar refractivity (Wildman–Crippen MR) is 217 cm³/mol. The summed E-state index contributed by atoms with van der Waals surface area (Å²) < 4.78 is 23.5. The lowest BCUT2D eigenvalue weighted by Gasteiger charge is -2.25. The third kappa shape index (κ3) is 37.4. The van der Waals surface area contributed by atoms with Crippen molar-refractivity contribution in [3.63, 3.8) is 0 Å². The molecule has 3 atom stereocenters. The number of aliphatic hydroxyl groups excluding tert-OH is 1. The van der Waals surface area contributed by atoms with E-state index in [9.17, 15) is 19.4 Å². The number of hydrogen-bond donors (Lipinski definition) is 3. The van der Waals surface area contributed by atoms with Crippen LogP contribution in [-0.4, -0.2) is 73.4 Å². The number of amides is 1. The van der Waals surface area contributed by atoms with E-state index < -0.39 is 20.0 Å². The number of likely N-dealkylation sites (N-methyl/N-ethyl adjacent to an activating group) is 1. The fraction of sp³-hybridized carbons (Fsp3) is 0.929. The SMILES string of the molecule is CCCCCCCCCCCCCCCCC/C=C/C(O)C(COP(=O)(O)OCC[N+](C)(C)C)NC(=O)CCCCCCCCCCCCCC. The number of carbonyl (C=O) groups is 1. The Bertz CT molecular complexity index is 850. The number of carbonyl (C=O) groups excluding carboxylic acids is 1. The van der Waals surface area contributed by atoms with Crippen molar-refractivity contribution in [3.8, 4) is 0 Å². The quantitative estimate of drug-likeness (QED) is 0.0250. The Morgan fingerprint density at radius 3 is 1.45 bits per heavy atom. The zero-order valence-corrected chi connectivity index (χ0v) is 35.3. The van der Waals surface area contributed by atoms with Gasteiger partial charge in [-0.2, -0.15) is 0 Å². The number of phosphoric ester groups is 1. The van der Waals surface area contributed by atoms with Crippen LogP contribution in [0.4, 0.5) is 0 Å². The molecule has 0 aliphatic carbocycles. The van der Waals surface area contributed by atoms with Crippen LogP contribution < -0.4 is 5.32 Å². The summed E-state index contributed by atoms with van der Waals surface area (Å²) in [5.41, 5.74) is 0. The van der Waals surface area contributed by atoms with Crippen molar-refractivity contribution in [2.45, 2.75) is 212 Å². The zero-order chi connectivity index (χ0) is 37.9. The summed E-state index contributed by atoms with van der Waals surface area (Å²) in [6.07, 6.45) is 38.4. The van der Waals surface area contributed by atoms with Crippen LogP contribution in [0, 0.1) is 0 Å². The van der Waals surface area contributed by atoms with Gasteiger partial charge in [-0.05, 0) is 19.3 Å². The number of nitrogens with zero attached hydrogens (tertiary/aromatic N) is 1. The topological polar surface area (TPSA) is 105 Å². The van der Waals surface area contributed by atoms with Crippen LogP contribution >= 0.6 is 7.82 Å². The molecule has 0 fully saturated rings. The van der Waals surface area contributed by atoms with Gasteiger partial charge in [0.15, 0.2) is 0 Å². The van der Waals surface area contributed by atoms with E-state index >= 15 is 0 Å². The van der Waals surface area contributed by atoms with E-state index in [0.717, 1.165) is 32.1 Å². The van der Waals surface area contributed by atoms with Gasteiger partial charge in [-0.15, -0.1) is 0 Å². The lowest BCUT2D eigenvalue weighted by molar-refractivity contribution is -0.870. The summed E-state index contributed by atoms with van der Waals surface area (Å²) in [5, 5.41) is 13.8. The highest BCUT2D eigenvalue weighted by Crippen LogP contribution is 2.43. The molecule has 0 radical (unpaired) electrons. The minimum absolute atomic E-state index is 0.0645. The highest BCUT2D eigenvalue weighted by Gasteiger charge is 2.27. The summed E-state index contributed by atoms with van der Waals surface area (Å²) in [6.45, 7) is 4.81. The van der Waals surface area contributed by atoms with Crippen molar-refractivity contribution < 1.29 is 32.9 Å². The second-order valence-corrected chi connectivity index (χ2v) is 17.5. The average molecular weight is 746 g/mol. The van der Waals surface area contributed by atoms with Crippen LogP contribution in [0.25, 0.3) is 0 Å². The Kier molecular flexibility index (Phi) is 34.5. The molecule has 0 heterocycles. The van der Waals surface area contributed by atoms with Crippen LogP contribution in [-0.2, 0) is 18.4 Å². The van der Waals surface area contributed by atoms with Crippen LogP contribution in [0.15, 0.2) is 12.2 Å². The third-order valence-electron chi connectivity index (χ3n) is 9.76. The molecule has 0 aliphatic heterocycles. The third-order valence-corrected chi connectivity index (χ3v) is 10.7. The molecule has 0 aromatic carbocycles. The lowest BCUT2D eigenvalue weighted by atomic mass is 10.0. The van der Waals surface area contributed by atoms with Gasteiger partial charge < -0.3 is 19.8 Å². The fourth-order valence-electron chi connectivity index (χ4n) is 6.28. The second-order valence-electron chi connectivity index (χ2n) is 16.1. The number of phosphoric acid groups is 1. The number of aliphatic hydroxyl groups is 1. The first kappa shape index (κ1) is 50.2. The van der Waals surface area contributed by atoms with Gasteiger partial charge in [0.25, 0.3) is 0 Å². The van der Waals surface area contributed by atoms with Gasteiger partial charge >= 0.3 is 7.82 Å². The van der Waals surface area contributed by atoms with Crippen LogP contribution in [0.1, 0.15) is 200 Å². The Balaban J connectivity index is 4.43. The Morgan fingerprint density at radius 2 is 1.04 bits per heavy atom. The molecule has 0 spiro atoms. The number of rotatable bonds is 39. The van der Waals surface area contributed by atoms with Crippen molar-refractivity contribution in [2.75, 3.05) is 40.9 Å². The van der Waals surface area contributed by atoms with Gasteiger partial charge in [-0.25, -0.2) is 4.57 Å². The molecule has 0 saturated heterocycles. The maximum atomic E-state index is 12.8. The van der Waals surface area contributed by atoms with Gasteiger partial charge in [0, 0.05) is 6.42 Å². The molecule has 1 amide bonds. The van der Waals surface area contributed by atoms with Gasteiger partial charge in [0.05, 0.1) is 39.9 Å². The van der Waals surface area contributed by atoms with E-state index in [4.69, 9.17) is 9.05 Å². The van der Waals surface area contributed by atoms with Crippen LogP contribution in [0.5, 0.6) is 0 Å². The molecule has 3 unspecified atom stereocenters. The minimum Gasteiger partial charge on any atom is -0.387 e. The van der Waals surface area contributed by atoms with Gasteiger partial charge in [0.2, 0.25) is 5.91 Å². The standard InChI is InChI=1S/C42H85N2O6P/c1-6-8-10-12-14-16-18-20-21-22-23-24-25-27-29-31-33-35-41(45)40(39-50-51(47,48)49-38-37-44(3,4)5)43-42(46)36-34-32-30-28-26-19-17-15-13-11-9-7-2/h33,35,40-41,45H,6-32,34,36-39H2,1-5H3,(H-,43,46,47,48)/p+1/b35-33+. The number of nitrogens with one attached hydrogen (secondary N) is 1. The lowest BCUT2D eigenvalue weighted by Crippen LogP contribution is -2.45. The summed E-state index contributed by atoms with van der Waals surface area (Å²) in [5.74, 6) is -0.177. The fourth-order valence-corrected chi connectivity index (χ4v) is 7.01.